The van der Waals surface area contributed by atoms with Crippen molar-refractivity contribution < 1.29 is 13.9 Å². The van der Waals surface area contributed by atoms with Crippen LogP contribution in [-0.2, 0) is 11.3 Å². The number of carbonyl (C=O) groups is 1. The quantitative estimate of drug-likeness (QED) is 0.564. The van der Waals surface area contributed by atoms with Gasteiger partial charge in [0, 0.05) is 10.9 Å². The highest BCUT2D eigenvalue weighted by molar-refractivity contribution is 7.17. The van der Waals surface area contributed by atoms with Gasteiger partial charge in [-0.2, -0.15) is 0 Å². The van der Waals surface area contributed by atoms with Crippen LogP contribution < -0.4 is 10.1 Å². The Kier molecular flexibility index (Phi) is 4.61. The zero-order valence-corrected chi connectivity index (χ0v) is 14.5. The first-order valence-corrected chi connectivity index (χ1v) is 8.89. The molecule has 0 bridgehead atoms. The summed E-state index contributed by atoms with van der Waals surface area (Å²) in [4.78, 5) is 21.4. The van der Waals surface area contributed by atoms with Crippen LogP contribution in [0.4, 0.5) is 0 Å². The maximum Gasteiger partial charge on any atom is 0.258 e. The van der Waals surface area contributed by atoms with Gasteiger partial charge < -0.3 is 14.5 Å². The first-order chi connectivity index (χ1) is 12.8. The molecule has 0 saturated carbocycles. The zero-order valence-electron chi connectivity index (χ0n) is 13.7. The van der Waals surface area contributed by atoms with Gasteiger partial charge in [0.1, 0.15) is 16.9 Å². The van der Waals surface area contributed by atoms with Crippen molar-refractivity contribution in [2.45, 2.75) is 6.54 Å². The molecule has 0 aliphatic carbocycles. The molecular formula is C19H15N3O3S. The maximum absolute atomic E-state index is 12.0. The van der Waals surface area contributed by atoms with E-state index in [1.807, 2.05) is 35.7 Å². The third-order valence-corrected chi connectivity index (χ3v) is 4.69. The predicted molar refractivity (Wildman–Crippen MR) is 98.9 cm³/mol. The Hall–Kier alpha value is -3.19. The van der Waals surface area contributed by atoms with E-state index in [-0.39, 0.29) is 12.5 Å². The second-order valence-electron chi connectivity index (χ2n) is 5.52. The summed E-state index contributed by atoms with van der Waals surface area (Å²) in [6.45, 7) is 0.193. The van der Waals surface area contributed by atoms with Crippen molar-refractivity contribution in [3.63, 3.8) is 0 Å². The summed E-state index contributed by atoms with van der Waals surface area (Å²) < 4.78 is 10.9. The second kappa shape index (κ2) is 7.37. The number of benzene rings is 1. The fourth-order valence-corrected chi connectivity index (χ4v) is 3.48. The van der Waals surface area contributed by atoms with Gasteiger partial charge in [0.25, 0.3) is 5.91 Å². The highest BCUT2D eigenvalue weighted by Gasteiger charge is 2.15. The number of nitrogens with one attached hydrogen (secondary N) is 1. The number of aromatic nitrogens is 2. The van der Waals surface area contributed by atoms with E-state index >= 15 is 0 Å². The predicted octanol–water partition coefficient (Wildman–Crippen LogP) is 3.65. The van der Waals surface area contributed by atoms with Crippen molar-refractivity contribution in [2.75, 3.05) is 6.61 Å². The van der Waals surface area contributed by atoms with Gasteiger partial charge in [-0.05, 0) is 17.7 Å². The summed E-state index contributed by atoms with van der Waals surface area (Å²) >= 11 is 1.52. The third kappa shape index (κ3) is 3.43. The van der Waals surface area contributed by atoms with E-state index in [0.717, 1.165) is 21.3 Å². The molecule has 6 nitrogen and oxygen atoms in total. The molecule has 0 saturated heterocycles. The number of rotatable bonds is 6. The molecule has 4 rings (SSSR count). The molecule has 0 atom stereocenters. The number of hydrogen-bond donors (Lipinski definition) is 1. The lowest BCUT2D eigenvalue weighted by atomic mass is 10.1. The van der Waals surface area contributed by atoms with Crippen LogP contribution in [0.2, 0.25) is 0 Å². The third-order valence-electron chi connectivity index (χ3n) is 3.80. The lowest BCUT2D eigenvalue weighted by molar-refractivity contribution is -0.123. The average Bonchev–Trinajstić information content (AvgIpc) is 3.35. The Labute approximate surface area is 153 Å². The van der Waals surface area contributed by atoms with Crippen LogP contribution in [0.1, 0.15) is 5.76 Å². The summed E-state index contributed by atoms with van der Waals surface area (Å²) in [7, 11) is 0. The van der Waals surface area contributed by atoms with Crippen molar-refractivity contribution in [3.05, 3.63) is 66.2 Å². The first-order valence-electron chi connectivity index (χ1n) is 8.01. The molecule has 0 fully saturated rings. The van der Waals surface area contributed by atoms with Gasteiger partial charge in [0.15, 0.2) is 6.61 Å². The minimum atomic E-state index is -0.246. The SMILES string of the molecule is O=C(COc1ncnc2scc(-c3ccccc3)c12)NCc1ccco1. The van der Waals surface area contributed by atoms with Crippen LogP contribution in [0, 0.1) is 0 Å². The van der Waals surface area contributed by atoms with Crippen LogP contribution in [0.15, 0.2) is 64.9 Å². The summed E-state index contributed by atoms with van der Waals surface area (Å²) in [6.07, 6.45) is 3.01. The van der Waals surface area contributed by atoms with E-state index < -0.39 is 0 Å². The lowest BCUT2D eigenvalue weighted by Gasteiger charge is -2.08. The highest BCUT2D eigenvalue weighted by atomic mass is 32.1. The van der Waals surface area contributed by atoms with Gasteiger partial charge in [-0.3, -0.25) is 4.79 Å². The Morgan fingerprint density at radius 3 is 2.85 bits per heavy atom. The summed E-state index contributed by atoms with van der Waals surface area (Å²) in [6, 6.07) is 13.5. The largest absolute Gasteiger partial charge is 0.467 e. The van der Waals surface area contributed by atoms with Crippen molar-refractivity contribution in [3.8, 4) is 17.0 Å². The van der Waals surface area contributed by atoms with Crippen molar-refractivity contribution in [1.82, 2.24) is 15.3 Å². The molecule has 3 aromatic heterocycles. The highest BCUT2D eigenvalue weighted by Crippen LogP contribution is 2.37. The number of nitrogens with zero attached hydrogens (tertiary/aromatic N) is 2. The molecule has 130 valence electrons. The minimum absolute atomic E-state index is 0.128. The van der Waals surface area contributed by atoms with Crippen molar-refractivity contribution in [2.24, 2.45) is 0 Å². The van der Waals surface area contributed by atoms with Crippen LogP contribution in [0.5, 0.6) is 5.88 Å². The molecule has 1 aromatic carbocycles. The number of amides is 1. The van der Waals surface area contributed by atoms with Gasteiger partial charge in [-0.1, -0.05) is 30.3 Å². The zero-order chi connectivity index (χ0) is 17.8. The van der Waals surface area contributed by atoms with Gasteiger partial charge in [-0.25, -0.2) is 9.97 Å². The average molecular weight is 365 g/mol. The molecule has 0 unspecified atom stereocenters. The summed E-state index contributed by atoms with van der Waals surface area (Å²) in [5.74, 6) is 0.847. The summed E-state index contributed by atoms with van der Waals surface area (Å²) in [5.41, 5.74) is 2.05. The smallest absolute Gasteiger partial charge is 0.258 e. The monoisotopic (exact) mass is 365 g/mol. The number of hydrogen-bond acceptors (Lipinski definition) is 6. The minimum Gasteiger partial charge on any atom is -0.467 e. The standard InChI is InChI=1S/C19H15N3O3S/c23-16(20-9-14-7-4-8-24-14)10-25-18-17-15(13-5-2-1-3-6-13)11-26-19(17)22-12-21-18/h1-8,11-12H,9-10H2,(H,20,23). The van der Waals surface area contributed by atoms with E-state index in [2.05, 4.69) is 15.3 Å². The van der Waals surface area contributed by atoms with Crippen LogP contribution in [0.25, 0.3) is 21.3 Å². The van der Waals surface area contributed by atoms with Crippen LogP contribution in [-0.4, -0.2) is 22.5 Å². The number of fused-ring (bicyclic) bond motifs is 1. The second-order valence-corrected chi connectivity index (χ2v) is 6.38. The molecule has 4 aromatic rings. The van der Waals surface area contributed by atoms with Gasteiger partial charge in [0.05, 0.1) is 18.2 Å². The van der Waals surface area contributed by atoms with E-state index in [1.165, 1.54) is 17.7 Å². The van der Waals surface area contributed by atoms with Gasteiger partial charge in [0.2, 0.25) is 5.88 Å². The summed E-state index contributed by atoms with van der Waals surface area (Å²) in [5, 5.41) is 5.59. The van der Waals surface area contributed by atoms with E-state index in [1.54, 1.807) is 18.4 Å². The van der Waals surface area contributed by atoms with Crippen molar-refractivity contribution in [1.29, 1.82) is 0 Å². The molecule has 26 heavy (non-hydrogen) atoms. The number of ether oxygens (including phenoxy) is 1. The topological polar surface area (TPSA) is 77.2 Å². The lowest BCUT2D eigenvalue weighted by Crippen LogP contribution is -2.28. The molecule has 3 heterocycles. The van der Waals surface area contributed by atoms with Crippen LogP contribution >= 0.6 is 11.3 Å². The van der Waals surface area contributed by atoms with E-state index in [0.29, 0.717) is 18.2 Å². The Bertz CT molecular complexity index is 1010. The Balaban J connectivity index is 1.51. The number of thiophene rings is 1. The number of carbonyl (C=O) groups excluding carboxylic acids is 1. The first kappa shape index (κ1) is 16.3. The molecule has 0 radical (unpaired) electrons. The van der Waals surface area contributed by atoms with E-state index in [9.17, 15) is 4.79 Å². The molecule has 0 aliphatic heterocycles. The van der Waals surface area contributed by atoms with Gasteiger partial charge >= 0.3 is 0 Å². The maximum atomic E-state index is 12.0. The molecule has 0 spiro atoms. The van der Waals surface area contributed by atoms with Crippen molar-refractivity contribution >= 4 is 27.5 Å². The van der Waals surface area contributed by atoms with Gasteiger partial charge in [-0.15, -0.1) is 11.3 Å². The molecule has 0 aliphatic rings. The normalized spacial score (nSPS) is 10.8. The fraction of sp³-hybridized carbons (Fsp3) is 0.105. The molecule has 1 amide bonds. The Morgan fingerprint density at radius 2 is 2.04 bits per heavy atom. The molecule has 7 heteroatoms. The fourth-order valence-electron chi connectivity index (χ4n) is 2.57. The van der Waals surface area contributed by atoms with E-state index in [4.69, 9.17) is 9.15 Å². The number of furan rings is 1. The molecular weight excluding hydrogens is 350 g/mol. The Morgan fingerprint density at radius 1 is 1.15 bits per heavy atom. The van der Waals surface area contributed by atoms with Crippen LogP contribution in [0.3, 0.4) is 0 Å². The molecule has 1 N–H and O–H groups in total.